The van der Waals surface area contributed by atoms with Crippen molar-refractivity contribution in [3.63, 3.8) is 0 Å². The molecule has 2 aliphatic rings. The third-order valence-corrected chi connectivity index (χ3v) is 4.49. The van der Waals surface area contributed by atoms with Crippen LogP contribution in [-0.2, 0) is 9.47 Å². The van der Waals surface area contributed by atoms with Gasteiger partial charge in [0.2, 0.25) is 8.77 Å². The third-order valence-electron chi connectivity index (χ3n) is 2.18. The summed E-state index contributed by atoms with van der Waals surface area (Å²) in [5, 5.41) is -7.45. The lowest BCUT2D eigenvalue weighted by atomic mass is 10.3. The molecule has 2 atom stereocenters. The fourth-order valence-corrected chi connectivity index (χ4v) is 3.30. The van der Waals surface area contributed by atoms with Crippen molar-refractivity contribution in [2.24, 2.45) is 0 Å². The molecule has 0 aromatic rings. The highest BCUT2D eigenvalue weighted by Crippen LogP contribution is 2.57. The van der Waals surface area contributed by atoms with E-state index in [0.29, 0.717) is 0 Å². The molecule has 2 heterocycles. The molecule has 2 aliphatic heterocycles. The van der Waals surface area contributed by atoms with Crippen molar-refractivity contribution in [1.29, 1.82) is 0 Å². The quantitative estimate of drug-likeness (QED) is 0.387. The molecule has 0 spiro atoms. The number of ether oxygens (including phenoxy) is 2. The van der Waals surface area contributed by atoms with Gasteiger partial charge in [0, 0.05) is 11.8 Å². The Morgan fingerprint density at radius 1 is 0.870 bits per heavy atom. The third kappa shape index (κ3) is 3.92. The summed E-state index contributed by atoms with van der Waals surface area (Å²) in [4.78, 5) is 0. The van der Waals surface area contributed by atoms with Gasteiger partial charge in [0.05, 0.1) is 0 Å². The van der Waals surface area contributed by atoms with Gasteiger partial charge in [-0.1, -0.05) is 0 Å². The number of hydrogen-bond donors (Lipinski definition) is 0. The molecule has 0 aromatic carbocycles. The lowest BCUT2D eigenvalue weighted by molar-refractivity contribution is -0.348. The van der Waals surface area contributed by atoms with E-state index in [-0.39, 0.29) is 11.8 Å². The van der Waals surface area contributed by atoms with Crippen molar-refractivity contribution in [3.8, 4) is 0 Å². The van der Waals surface area contributed by atoms with Gasteiger partial charge in [0.1, 0.15) is 0 Å². The average Bonchev–Trinajstić information content (AvgIpc) is 2.55. The van der Waals surface area contributed by atoms with Crippen molar-refractivity contribution in [3.05, 3.63) is 0 Å². The molecule has 134 valence electrons. The summed E-state index contributed by atoms with van der Waals surface area (Å²) in [5.74, 6) is -5.01. The number of alkyl halides is 9. The van der Waals surface area contributed by atoms with Crippen LogP contribution in [0, 0.1) is 0 Å². The van der Waals surface area contributed by atoms with Crippen LogP contribution in [0.25, 0.3) is 0 Å². The normalized spacial score (nSPS) is 35.2. The van der Waals surface area contributed by atoms with E-state index in [1.165, 1.54) is 0 Å². The number of halogens is 9. The van der Waals surface area contributed by atoms with E-state index >= 15 is 0 Å². The van der Waals surface area contributed by atoms with Crippen molar-refractivity contribution in [2.45, 2.75) is 35.3 Å². The summed E-state index contributed by atoms with van der Waals surface area (Å²) < 4.78 is 115. The molecular weight excluding hydrogens is 427 g/mol. The number of hydrogen-bond acceptors (Lipinski definition) is 6. The zero-order valence-corrected chi connectivity index (χ0v) is 13.6. The second-order valence-corrected chi connectivity index (χ2v) is 7.64. The molecule has 23 heavy (non-hydrogen) atoms. The van der Waals surface area contributed by atoms with E-state index < -0.39 is 48.9 Å². The molecule has 0 N–H and O–H groups in total. The Labute approximate surface area is 141 Å². The fraction of sp³-hybridized carbons (Fsp3) is 0.750. The monoisotopic (exact) mass is 430 g/mol. The first-order chi connectivity index (χ1) is 9.95. The van der Waals surface area contributed by atoms with Crippen LogP contribution >= 0.6 is 48.0 Å². The number of thioether (sulfide) groups is 2. The van der Waals surface area contributed by atoms with Crippen LogP contribution in [-0.4, -0.2) is 37.2 Å². The molecule has 2 rings (SSSR count). The van der Waals surface area contributed by atoms with E-state index in [1.807, 2.05) is 0 Å². The molecule has 0 aliphatic carbocycles. The van der Waals surface area contributed by atoms with Crippen LogP contribution in [0.3, 0.4) is 0 Å². The second kappa shape index (κ2) is 5.98. The first-order valence-corrected chi connectivity index (χ1v) is 7.44. The van der Waals surface area contributed by atoms with Gasteiger partial charge in [-0.3, -0.25) is 0 Å². The predicted molar refractivity (Wildman–Crippen MR) is 71.8 cm³/mol. The summed E-state index contributed by atoms with van der Waals surface area (Å²) in [6.07, 6.45) is -9.60. The summed E-state index contributed by atoms with van der Waals surface area (Å²) >= 11 is 7.60. The van der Waals surface area contributed by atoms with Crippen LogP contribution in [0.15, 0.2) is 0 Å². The Bertz CT molecular complexity index is 502. The molecule has 0 amide bonds. The lowest BCUT2D eigenvalue weighted by Crippen LogP contribution is -2.51. The van der Waals surface area contributed by atoms with Gasteiger partial charge in [-0.15, -0.1) is 0 Å². The van der Waals surface area contributed by atoms with Gasteiger partial charge >= 0.3 is 23.4 Å². The van der Waals surface area contributed by atoms with Crippen LogP contribution in [0.5, 0.6) is 0 Å². The fourth-order valence-electron chi connectivity index (χ4n) is 1.02. The second-order valence-electron chi connectivity index (χ2n) is 3.95. The van der Waals surface area contributed by atoms with Crippen molar-refractivity contribution in [1.82, 2.24) is 0 Å². The number of rotatable bonds is 0. The van der Waals surface area contributed by atoms with Gasteiger partial charge in [-0.05, 0) is 43.1 Å². The highest BCUT2D eigenvalue weighted by Gasteiger charge is 2.79. The van der Waals surface area contributed by atoms with E-state index in [9.17, 15) is 39.5 Å². The molecule has 15 heteroatoms. The summed E-state index contributed by atoms with van der Waals surface area (Å²) in [7, 11) is 0. The van der Waals surface area contributed by atoms with Gasteiger partial charge < -0.3 is 9.47 Å². The van der Waals surface area contributed by atoms with E-state index in [4.69, 9.17) is 0 Å². The first-order valence-electron chi connectivity index (χ1n) is 4.99. The standard InChI is InChI=1S/C4F6OS2.C4H3F3OS2/c5-2(3(6,7)8)4(9,10)13-1(12)11-2;1-3(5)4(6,7)8-2(9)10-3/h;1H3. The molecular formula is C8H3F9O2S4. The first kappa shape index (κ1) is 20.9. The molecule has 2 nitrogen and oxygen atoms in total. The van der Waals surface area contributed by atoms with E-state index in [1.54, 1.807) is 0 Å². The maximum Gasteiger partial charge on any atom is 0.468 e. The van der Waals surface area contributed by atoms with Gasteiger partial charge in [0.25, 0.3) is 5.00 Å². The zero-order chi connectivity index (χ0) is 18.5. The van der Waals surface area contributed by atoms with Gasteiger partial charge in [-0.2, -0.15) is 35.1 Å². The largest absolute Gasteiger partial charge is 0.468 e. The van der Waals surface area contributed by atoms with Gasteiger partial charge in [0.15, 0.2) is 0 Å². The molecule has 0 saturated carbocycles. The zero-order valence-electron chi connectivity index (χ0n) is 10.4. The van der Waals surface area contributed by atoms with Crippen LogP contribution < -0.4 is 0 Å². The van der Waals surface area contributed by atoms with E-state index in [0.717, 1.165) is 6.92 Å². The average molecular weight is 430 g/mol. The Morgan fingerprint density at radius 2 is 1.30 bits per heavy atom. The predicted octanol–water partition coefficient (Wildman–Crippen LogP) is 5.17. The molecule has 0 aromatic heterocycles. The highest BCUT2D eigenvalue weighted by molar-refractivity contribution is 8.24. The topological polar surface area (TPSA) is 18.5 Å². The summed E-state index contributed by atoms with van der Waals surface area (Å²) in [5.41, 5.74) is 0. The smallest absolute Gasteiger partial charge is 0.428 e. The minimum atomic E-state index is -5.82. The van der Waals surface area contributed by atoms with Crippen LogP contribution in [0.4, 0.5) is 39.5 Å². The molecule has 2 fully saturated rings. The Morgan fingerprint density at radius 3 is 1.43 bits per heavy atom. The lowest BCUT2D eigenvalue weighted by Gasteiger charge is -2.25. The summed E-state index contributed by atoms with van der Waals surface area (Å²) in [6, 6.07) is 0. The molecule has 2 saturated heterocycles. The van der Waals surface area contributed by atoms with Crippen molar-refractivity contribution in [2.75, 3.05) is 0 Å². The Hall–Kier alpha value is -0.150. The minimum Gasteiger partial charge on any atom is -0.428 e. The Balaban J connectivity index is 0.000000238. The van der Waals surface area contributed by atoms with Crippen molar-refractivity contribution < 1.29 is 49.0 Å². The van der Waals surface area contributed by atoms with Crippen LogP contribution in [0.1, 0.15) is 6.92 Å². The van der Waals surface area contributed by atoms with Gasteiger partial charge in [-0.25, -0.2) is 4.39 Å². The summed E-state index contributed by atoms with van der Waals surface area (Å²) in [6.45, 7) is 0.733. The van der Waals surface area contributed by atoms with Crippen molar-refractivity contribution >= 4 is 56.7 Å². The highest BCUT2D eigenvalue weighted by atomic mass is 32.2. The minimum absolute atomic E-state index is 0.222. The Kier molecular flexibility index (Phi) is 5.43. The molecule has 0 bridgehead atoms. The van der Waals surface area contributed by atoms with Crippen LogP contribution in [0.2, 0.25) is 0 Å². The maximum atomic E-state index is 12.6. The number of thiocarbonyl (C=S) groups is 2. The van der Waals surface area contributed by atoms with E-state index in [2.05, 4.69) is 33.9 Å². The SMILES string of the molecule is CC1(F)SC(=S)OC1(F)F.FC(F)(F)C1(F)OC(=S)SC1(F)F. The maximum absolute atomic E-state index is 12.6. The molecule has 0 radical (unpaired) electrons. The molecule has 2 unspecified atom stereocenters.